The van der Waals surface area contributed by atoms with Crippen LogP contribution in [0, 0.1) is 6.92 Å². The number of rotatable bonds is 10. The van der Waals surface area contributed by atoms with Gasteiger partial charge in [0.2, 0.25) is 5.91 Å². The van der Waals surface area contributed by atoms with Crippen LogP contribution < -0.4 is 19.1 Å². The molecule has 0 saturated carbocycles. The van der Waals surface area contributed by atoms with Gasteiger partial charge in [-0.05, 0) is 63.2 Å². The van der Waals surface area contributed by atoms with Gasteiger partial charge in [0.1, 0.15) is 18.0 Å². The van der Waals surface area contributed by atoms with E-state index >= 15 is 0 Å². The molecule has 1 atom stereocenters. The maximum absolute atomic E-state index is 13.5. The third-order valence-electron chi connectivity index (χ3n) is 5.31. The van der Waals surface area contributed by atoms with E-state index in [1.807, 2.05) is 45.0 Å². The number of amides is 1. The molecule has 34 heavy (non-hydrogen) atoms. The standard InChI is InChI=1S/C26H30N2O5S/c1-5-33-22-14-12-21(13-15-22)28(34(30,31)23-16-10-19(2)11-17-23)18-26(29)27-20(3)24-8-6-7-9-25(24)32-4/h6-17,20H,5,18H2,1-4H3,(H,27,29)/t20-/m1/s1. The van der Waals surface area contributed by atoms with E-state index in [4.69, 9.17) is 9.47 Å². The molecular weight excluding hydrogens is 452 g/mol. The van der Waals surface area contributed by atoms with Gasteiger partial charge in [0.05, 0.1) is 30.3 Å². The lowest BCUT2D eigenvalue weighted by Gasteiger charge is -2.25. The summed E-state index contributed by atoms with van der Waals surface area (Å²) < 4.78 is 39.0. The molecule has 1 amide bonds. The highest BCUT2D eigenvalue weighted by molar-refractivity contribution is 7.92. The van der Waals surface area contributed by atoms with Gasteiger partial charge >= 0.3 is 0 Å². The molecule has 180 valence electrons. The Morgan fingerprint density at radius 2 is 1.65 bits per heavy atom. The topological polar surface area (TPSA) is 84.9 Å². The molecule has 0 aromatic heterocycles. The van der Waals surface area contributed by atoms with E-state index < -0.39 is 15.9 Å². The third kappa shape index (κ3) is 5.88. The van der Waals surface area contributed by atoms with Crippen molar-refractivity contribution in [2.75, 3.05) is 24.6 Å². The minimum atomic E-state index is -4.00. The number of sulfonamides is 1. The predicted molar refractivity (Wildman–Crippen MR) is 133 cm³/mol. The molecule has 0 saturated heterocycles. The number of carbonyl (C=O) groups is 1. The van der Waals surface area contributed by atoms with Gasteiger partial charge in [-0.2, -0.15) is 0 Å². The van der Waals surface area contributed by atoms with Crippen molar-refractivity contribution < 1.29 is 22.7 Å². The Hall–Kier alpha value is -3.52. The fourth-order valence-electron chi connectivity index (χ4n) is 3.55. The molecule has 0 aliphatic rings. The van der Waals surface area contributed by atoms with Gasteiger partial charge in [-0.1, -0.05) is 35.9 Å². The number of ether oxygens (including phenoxy) is 2. The van der Waals surface area contributed by atoms with Crippen LogP contribution in [-0.4, -0.2) is 34.6 Å². The maximum atomic E-state index is 13.5. The zero-order valence-electron chi connectivity index (χ0n) is 19.8. The first-order chi connectivity index (χ1) is 16.3. The highest BCUT2D eigenvalue weighted by Crippen LogP contribution is 2.27. The number of carbonyl (C=O) groups excluding carboxylic acids is 1. The Morgan fingerprint density at radius 3 is 2.26 bits per heavy atom. The van der Waals surface area contributed by atoms with Crippen molar-refractivity contribution in [2.45, 2.75) is 31.7 Å². The van der Waals surface area contributed by atoms with Crippen LogP contribution in [0.15, 0.2) is 77.7 Å². The van der Waals surface area contributed by atoms with Crippen molar-refractivity contribution in [1.82, 2.24) is 5.32 Å². The van der Waals surface area contributed by atoms with Crippen molar-refractivity contribution >= 4 is 21.6 Å². The predicted octanol–water partition coefficient (Wildman–Crippen LogP) is 4.48. The van der Waals surface area contributed by atoms with Crippen molar-refractivity contribution in [2.24, 2.45) is 0 Å². The average Bonchev–Trinajstić information content (AvgIpc) is 2.83. The summed E-state index contributed by atoms with van der Waals surface area (Å²) in [5.74, 6) is 0.821. The van der Waals surface area contributed by atoms with Crippen LogP contribution in [0.2, 0.25) is 0 Å². The monoisotopic (exact) mass is 482 g/mol. The van der Waals surface area contributed by atoms with Gasteiger partial charge in [0, 0.05) is 5.56 Å². The van der Waals surface area contributed by atoms with E-state index in [0.717, 1.165) is 15.4 Å². The van der Waals surface area contributed by atoms with Crippen LogP contribution in [-0.2, 0) is 14.8 Å². The van der Waals surface area contributed by atoms with Crippen molar-refractivity contribution in [3.63, 3.8) is 0 Å². The number of anilines is 1. The largest absolute Gasteiger partial charge is 0.496 e. The number of hydrogen-bond acceptors (Lipinski definition) is 5. The van der Waals surface area contributed by atoms with E-state index in [0.29, 0.717) is 23.8 Å². The Morgan fingerprint density at radius 1 is 1.00 bits per heavy atom. The summed E-state index contributed by atoms with van der Waals surface area (Å²) in [6.07, 6.45) is 0. The van der Waals surface area contributed by atoms with Gasteiger partial charge in [-0.15, -0.1) is 0 Å². The van der Waals surface area contributed by atoms with E-state index in [9.17, 15) is 13.2 Å². The molecule has 3 rings (SSSR count). The van der Waals surface area contributed by atoms with Crippen LogP contribution in [0.1, 0.15) is 31.0 Å². The third-order valence-corrected chi connectivity index (χ3v) is 7.10. The highest BCUT2D eigenvalue weighted by Gasteiger charge is 2.28. The quantitative estimate of drug-likeness (QED) is 0.461. The first kappa shape index (κ1) is 25.1. The summed E-state index contributed by atoms with van der Waals surface area (Å²) >= 11 is 0. The minimum Gasteiger partial charge on any atom is -0.496 e. The fraction of sp³-hybridized carbons (Fsp3) is 0.269. The van der Waals surface area contributed by atoms with E-state index in [-0.39, 0.29) is 17.5 Å². The molecule has 7 nitrogen and oxygen atoms in total. The fourth-order valence-corrected chi connectivity index (χ4v) is 4.97. The molecule has 0 radical (unpaired) electrons. The zero-order chi connectivity index (χ0) is 24.7. The molecule has 0 spiro atoms. The lowest BCUT2D eigenvalue weighted by molar-refractivity contribution is -0.120. The van der Waals surface area contributed by atoms with Gasteiger partial charge < -0.3 is 14.8 Å². The maximum Gasteiger partial charge on any atom is 0.264 e. The van der Waals surface area contributed by atoms with Crippen LogP contribution in [0.4, 0.5) is 5.69 Å². The number of para-hydroxylation sites is 1. The smallest absolute Gasteiger partial charge is 0.264 e. The first-order valence-electron chi connectivity index (χ1n) is 11.0. The molecule has 3 aromatic carbocycles. The Bertz CT molecular complexity index is 1210. The lowest BCUT2D eigenvalue weighted by atomic mass is 10.1. The van der Waals surface area contributed by atoms with Gasteiger partial charge in [0.15, 0.2) is 0 Å². The summed E-state index contributed by atoms with van der Waals surface area (Å²) in [7, 11) is -2.43. The number of methoxy groups -OCH3 is 1. The summed E-state index contributed by atoms with van der Waals surface area (Å²) in [6, 6.07) is 20.2. The molecule has 0 fully saturated rings. The molecular formula is C26H30N2O5S. The van der Waals surface area contributed by atoms with E-state index in [1.165, 1.54) is 0 Å². The van der Waals surface area contributed by atoms with Crippen LogP contribution in [0.25, 0.3) is 0 Å². The molecule has 0 bridgehead atoms. The summed E-state index contributed by atoms with van der Waals surface area (Å²) in [4.78, 5) is 13.1. The van der Waals surface area contributed by atoms with Gasteiger partial charge in [0.25, 0.3) is 10.0 Å². The summed E-state index contributed by atoms with van der Waals surface area (Å²) in [5, 5.41) is 2.89. The Balaban J connectivity index is 1.90. The molecule has 0 aliphatic carbocycles. The number of nitrogens with zero attached hydrogens (tertiary/aromatic N) is 1. The second kappa shape index (κ2) is 11.1. The zero-order valence-corrected chi connectivity index (χ0v) is 20.6. The second-order valence-corrected chi connectivity index (χ2v) is 9.65. The molecule has 3 aromatic rings. The van der Waals surface area contributed by atoms with Gasteiger partial charge in [-0.3, -0.25) is 9.10 Å². The van der Waals surface area contributed by atoms with Crippen LogP contribution in [0.5, 0.6) is 11.5 Å². The average molecular weight is 483 g/mol. The molecule has 0 unspecified atom stereocenters. The Labute approximate surface area is 201 Å². The number of nitrogens with one attached hydrogen (secondary N) is 1. The van der Waals surface area contributed by atoms with E-state index in [2.05, 4.69) is 5.32 Å². The molecule has 0 aliphatic heterocycles. The van der Waals surface area contributed by atoms with E-state index in [1.54, 1.807) is 55.6 Å². The molecule has 1 N–H and O–H groups in total. The normalized spacial score (nSPS) is 12.0. The second-order valence-electron chi connectivity index (χ2n) is 7.78. The highest BCUT2D eigenvalue weighted by atomic mass is 32.2. The van der Waals surface area contributed by atoms with Crippen molar-refractivity contribution in [3.05, 3.63) is 83.9 Å². The van der Waals surface area contributed by atoms with Crippen molar-refractivity contribution in [1.29, 1.82) is 0 Å². The lowest BCUT2D eigenvalue weighted by Crippen LogP contribution is -2.41. The van der Waals surface area contributed by atoms with Crippen LogP contribution >= 0.6 is 0 Å². The summed E-state index contributed by atoms with van der Waals surface area (Å²) in [5.41, 5.74) is 2.10. The minimum absolute atomic E-state index is 0.109. The molecule has 8 heteroatoms. The molecule has 0 heterocycles. The number of benzene rings is 3. The van der Waals surface area contributed by atoms with Crippen molar-refractivity contribution in [3.8, 4) is 11.5 Å². The van der Waals surface area contributed by atoms with Crippen LogP contribution in [0.3, 0.4) is 0 Å². The first-order valence-corrected chi connectivity index (χ1v) is 12.4. The Kier molecular flexibility index (Phi) is 8.17. The number of hydrogen-bond donors (Lipinski definition) is 1. The van der Waals surface area contributed by atoms with Gasteiger partial charge in [-0.25, -0.2) is 8.42 Å². The number of aryl methyl sites for hydroxylation is 1. The summed E-state index contributed by atoms with van der Waals surface area (Å²) in [6.45, 7) is 5.69. The SMILES string of the molecule is CCOc1ccc(N(CC(=O)N[C@H](C)c2ccccc2OC)S(=O)(=O)c2ccc(C)cc2)cc1.